The van der Waals surface area contributed by atoms with Crippen LogP contribution < -0.4 is 19.5 Å². The molecule has 10 heteroatoms. The van der Waals surface area contributed by atoms with Crippen LogP contribution in [0.25, 0.3) is 6.08 Å². The molecule has 33 heavy (non-hydrogen) atoms. The Morgan fingerprint density at radius 3 is 2.45 bits per heavy atom. The van der Waals surface area contributed by atoms with Gasteiger partial charge in [-0.1, -0.05) is 23.7 Å². The van der Waals surface area contributed by atoms with Crippen molar-refractivity contribution in [3.63, 3.8) is 0 Å². The maximum Gasteiger partial charge on any atom is 0.261 e. The van der Waals surface area contributed by atoms with Crippen molar-refractivity contribution in [3.05, 3.63) is 77.3 Å². The number of aromatic hydroxyl groups is 1. The molecule has 3 aromatic rings. The molecule has 3 rings (SSSR count). The van der Waals surface area contributed by atoms with Crippen molar-refractivity contribution in [2.24, 2.45) is 0 Å². The Morgan fingerprint density at radius 2 is 1.76 bits per heavy atom. The minimum Gasteiger partial charge on any atom is -0.506 e. The van der Waals surface area contributed by atoms with Crippen LogP contribution in [-0.2, 0) is 14.8 Å². The van der Waals surface area contributed by atoms with Gasteiger partial charge in [0.2, 0.25) is 5.91 Å². The first-order chi connectivity index (χ1) is 15.7. The summed E-state index contributed by atoms with van der Waals surface area (Å²) < 4.78 is 38.2. The van der Waals surface area contributed by atoms with Gasteiger partial charge in [0.15, 0.2) is 11.5 Å². The molecule has 8 nitrogen and oxygen atoms in total. The van der Waals surface area contributed by atoms with Crippen LogP contribution in [0.15, 0.2) is 71.6 Å². The third-order valence-electron chi connectivity index (χ3n) is 4.45. The summed E-state index contributed by atoms with van der Waals surface area (Å²) in [6, 6.07) is 14.9. The van der Waals surface area contributed by atoms with Crippen molar-refractivity contribution in [3.8, 4) is 17.2 Å². The third kappa shape index (κ3) is 6.18. The lowest BCUT2D eigenvalue weighted by Gasteiger charge is -2.11. The molecule has 1 amide bonds. The summed E-state index contributed by atoms with van der Waals surface area (Å²) in [5, 5.41) is 12.9. The lowest BCUT2D eigenvalue weighted by molar-refractivity contribution is -0.111. The van der Waals surface area contributed by atoms with Crippen molar-refractivity contribution < 1.29 is 27.8 Å². The van der Waals surface area contributed by atoms with Crippen molar-refractivity contribution in [1.29, 1.82) is 0 Å². The lowest BCUT2D eigenvalue weighted by atomic mass is 10.2. The number of methoxy groups -OCH3 is 2. The molecule has 172 valence electrons. The Bertz CT molecular complexity index is 1310. The molecule has 3 N–H and O–H groups in total. The van der Waals surface area contributed by atoms with Gasteiger partial charge in [-0.25, -0.2) is 8.42 Å². The van der Waals surface area contributed by atoms with E-state index in [0.717, 1.165) is 6.07 Å². The van der Waals surface area contributed by atoms with Crippen LogP contribution >= 0.6 is 11.6 Å². The molecule has 0 aromatic heterocycles. The van der Waals surface area contributed by atoms with Crippen molar-refractivity contribution in [1.82, 2.24) is 0 Å². The zero-order chi connectivity index (χ0) is 24.0. The second-order valence-corrected chi connectivity index (χ2v) is 8.85. The topological polar surface area (TPSA) is 114 Å². The fraction of sp³-hybridized carbons (Fsp3) is 0.0870. The normalized spacial score (nSPS) is 11.2. The molecule has 0 bridgehead atoms. The van der Waals surface area contributed by atoms with Gasteiger partial charge in [0.05, 0.1) is 30.5 Å². The van der Waals surface area contributed by atoms with Crippen molar-refractivity contribution in [2.75, 3.05) is 24.3 Å². The predicted molar refractivity (Wildman–Crippen MR) is 128 cm³/mol. The third-order valence-corrected chi connectivity index (χ3v) is 6.06. The number of carbonyl (C=O) groups excluding carboxylic acids is 1. The smallest absolute Gasteiger partial charge is 0.261 e. The highest BCUT2D eigenvalue weighted by Gasteiger charge is 2.17. The number of nitrogens with one attached hydrogen (secondary N) is 2. The SMILES string of the molecule is COc1ccc(C=CC(=O)Nc2cc(S(=O)(=O)Nc3cccc(Cl)c3)ccc2O)cc1OC. The molecule has 0 fully saturated rings. The Kier molecular flexibility index (Phi) is 7.47. The molecule has 0 aliphatic carbocycles. The number of hydrogen-bond donors (Lipinski definition) is 3. The van der Waals surface area contributed by atoms with Gasteiger partial charge in [-0.15, -0.1) is 0 Å². The fourth-order valence-corrected chi connectivity index (χ4v) is 4.12. The number of anilines is 2. The van der Waals surface area contributed by atoms with E-state index in [2.05, 4.69) is 10.0 Å². The van der Waals surface area contributed by atoms with Crippen molar-refractivity contribution >= 4 is 45.0 Å². The van der Waals surface area contributed by atoms with Gasteiger partial charge in [0.1, 0.15) is 5.75 Å². The number of phenols is 1. The molecular formula is C23H21ClN2O6S. The highest BCUT2D eigenvalue weighted by Crippen LogP contribution is 2.29. The summed E-state index contributed by atoms with van der Waals surface area (Å²) >= 11 is 5.89. The van der Waals surface area contributed by atoms with E-state index in [4.69, 9.17) is 21.1 Å². The van der Waals surface area contributed by atoms with E-state index in [-0.39, 0.29) is 22.0 Å². The molecule has 0 unspecified atom stereocenters. The first-order valence-electron chi connectivity index (χ1n) is 9.54. The summed E-state index contributed by atoms with van der Waals surface area (Å²) in [6.07, 6.45) is 2.78. The minimum atomic E-state index is -3.99. The Balaban J connectivity index is 1.77. The van der Waals surface area contributed by atoms with Crippen LogP contribution in [0.3, 0.4) is 0 Å². The zero-order valence-corrected chi connectivity index (χ0v) is 19.3. The molecule has 3 aromatic carbocycles. The van der Waals surface area contributed by atoms with Crippen LogP contribution in [0.4, 0.5) is 11.4 Å². The van der Waals surface area contributed by atoms with E-state index in [1.165, 1.54) is 44.6 Å². The molecule has 0 saturated carbocycles. The maximum absolute atomic E-state index is 12.7. The van der Waals surface area contributed by atoms with Crippen LogP contribution in [0.1, 0.15) is 5.56 Å². The van der Waals surface area contributed by atoms with E-state index in [9.17, 15) is 18.3 Å². The van der Waals surface area contributed by atoms with Gasteiger partial charge in [0.25, 0.3) is 10.0 Å². The van der Waals surface area contributed by atoms with E-state index in [1.807, 2.05) is 0 Å². The molecule has 0 atom stereocenters. The standard InChI is InChI=1S/C23H21ClN2O6S/c1-31-21-10-6-15(12-22(21)32-2)7-11-23(28)25-19-14-18(8-9-20(19)27)33(29,30)26-17-5-3-4-16(24)13-17/h3-14,26-27H,1-2H3,(H,25,28). The minimum absolute atomic E-state index is 0.0640. The number of sulfonamides is 1. The molecular weight excluding hydrogens is 468 g/mol. The summed E-state index contributed by atoms with van der Waals surface area (Å²) in [4.78, 5) is 12.2. The first-order valence-corrected chi connectivity index (χ1v) is 11.4. The Labute approximate surface area is 196 Å². The number of carbonyl (C=O) groups is 1. The summed E-state index contributed by atoms with van der Waals surface area (Å²) in [5.41, 5.74) is 0.888. The van der Waals surface area contributed by atoms with Gasteiger partial charge in [0, 0.05) is 11.1 Å². The molecule has 0 heterocycles. The highest BCUT2D eigenvalue weighted by atomic mass is 35.5. The molecule has 0 spiro atoms. The quantitative estimate of drug-likeness (QED) is 0.317. The second kappa shape index (κ2) is 10.3. The molecule has 0 aliphatic heterocycles. The number of halogens is 1. The number of rotatable bonds is 8. The summed E-state index contributed by atoms with van der Waals surface area (Å²) in [5.74, 6) is 0.193. The number of amides is 1. The number of benzene rings is 3. The maximum atomic E-state index is 12.7. The van der Waals surface area contributed by atoms with Gasteiger partial charge in [-0.2, -0.15) is 0 Å². The monoisotopic (exact) mass is 488 g/mol. The van der Waals surface area contributed by atoms with Crippen LogP contribution in [-0.4, -0.2) is 33.7 Å². The summed E-state index contributed by atoms with van der Waals surface area (Å²) in [6.45, 7) is 0. The Morgan fingerprint density at radius 1 is 1.00 bits per heavy atom. The average molecular weight is 489 g/mol. The van der Waals surface area contributed by atoms with E-state index < -0.39 is 15.9 Å². The van der Waals surface area contributed by atoms with E-state index >= 15 is 0 Å². The molecule has 0 radical (unpaired) electrons. The number of hydrogen-bond acceptors (Lipinski definition) is 6. The highest BCUT2D eigenvalue weighted by molar-refractivity contribution is 7.92. The summed E-state index contributed by atoms with van der Waals surface area (Å²) in [7, 11) is -0.967. The van der Waals surface area contributed by atoms with Crippen LogP contribution in [0.2, 0.25) is 5.02 Å². The van der Waals surface area contributed by atoms with Gasteiger partial charge in [-0.05, 0) is 60.2 Å². The number of phenolic OH excluding ortho intramolecular Hbond substituents is 1. The van der Waals surface area contributed by atoms with E-state index in [0.29, 0.717) is 22.1 Å². The second-order valence-electron chi connectivity index (χ2n) is 6.73. The first kappa shape index (κ1) is 24.0. The number of ether oxygens (including phenoxy) is 2. The molecule has 0 aliphatic rings. The predicted octanol–water partition coefficient (Wildman–Crippen LogP) is 4.52. The van der Waals surface area contributed by atoms with Crippen molar-refractivity contribution in [2.45, 2.75) is 4.90 Å². The van der Waals surface area contributed by atoms with Gasteiger partial charge in [-0.3, -0.25) is 9.52 Å². The Hall–Kier alpha value is -3.69. The lowest BCUT2D eigenvalue weighted by Crippen LogP contribution is -2.14. The molecule has 0 saturated heterocycles. The van der Waals surface area contributed by atoms with Crippen LogP contribution in [0, 0.1) is 0 Å². The average Bonchev–Trinajstić information content (AvgIpc) is 2.78. The van der Waals surface area contributed by atoms with Gasteiger partial charge < -0.3 is 19.9 Å². The zero-order valence-electron chi connectivity index (χ0n) is 17.7. The van der Waals surface area contributed by atoms with E-state index in [1.54, 1.807) is 36.4 Å². The largest absolute Gasteiger partial charge is 0.506 e. The van der Waals surface area contributed by atoms with Crippen LogP contribution in [0.5, 0.6) is 17.2 Å². The van der Waals surface area contributed by atoms with Gasteiger partial charge >= 0.3 is 0 Å². The fourth-order valence-electron chi connectivity index (χ4n) is 2.85.